The fourth-order valence-corrected chi connectivity index (χ4v) is 9.85. The Labute approximate surface area is 502 Å². The van der Waals surface area contributed by atoms with Gasteiger partial charge in [-0.15, -0.1) is 0 Å². The maximum Gasteiger partial charge on any atom is 0.306 e. The van der Waals surface area contributed by atoms with Crippen LogP contribution in [-0.2, 0) is 28.6 Å². The predicted octanol–water partition coefficient (Wildman–Crippen LogP) is 24.0. The van der Waals surface area contributed by atoms with Crippen LogP contribution in [0.25, 0.3) is 0 Å². The minimum Gasteiger partial charge on any atom is -0.462 e. The molecule has 0 saturated carbocycles. The van der Waals surface area contributed by atoms with Crippen LogP contribution in [0.2, 0.25) is 0 Å². The summed E-state index contributed by atoms with van der Waals surface area (Å²) in [6, 6.07) is 0. The molecule has 0 saturated heterocycles. The van der Waals surface area contributed by atoms with E-state index in [0.29, 0.717) is 19.3 Å². The van der Waals surface area contributed by atoms with Crippen molar-refractivity contribution in [2.75, 3.05) is 13.2 Å². The average molecular weight is 1130 g/mol. The number of carbonyl (C=O) groups excluding carboxylic acids is 3. The summed E-state index contributed by atoms with van der Waals surface area (Å²) in [6.45, 7) is 6.54. The van der Waals surface area contributed by atoms with Gasteiger partial charge in [0.25, 0.3) is 0 Å². The Morgan fingerprint density at radius 3 is 0.765 bits per heavy atom. The fourth-order valence-electron chi connectivity index (χ4n) is 9.85. The molecule has 0 fully saturated rings. The first-order valence-electron chi connectivity index (χ1n) is 34.7. The molecule has 81 heavy (non-hydrogen) atoms. The molecule has 0 radical (unpaired) electrons. The normalized spacial score (nSPS) is 12.7. The van der Waals surface area contributed by atoms with Crippen molar-refractivity contribution in [3.8, 4) is 0 Å². The van der Waals surface area contributed by atoms with Crippen LogP contribution >= 0.6 is 0 Å². The number of allylic oxidation sites excluding steroid dienone is 16. The number of carbonyl (C=O) groups is 3. The predicted molar refractivity (Wildman–Crippen MR) is 353 cm³/mol. The summed E-state index contributed by atoms with van der Waals surface area (Å²) in [4.78, 5) is 38.4. The summed E-state index contributed by atoms with van der Waals surface area (Å²) in [5.41, 5.74) is 0. The summed E-state index contributed by atoms with van der Waals surface area (Å²) < 4.78 is 17.0. The lowest BCUT2D eigenvalue weighted by molar-refractivity contribution is -0.167. The Balaban J connectivity index is 4.28. The van der Waals surface area contributed by atoms with E-state index in [9.17, 15) is 14.4 Å². The smallest absolute Gasteiger partial charge is 0.306 e. The van der Waals surface area contributed by atoms with Gasteiger partial charge in [-0.25, -0.2) is 0 Å². The third kappa shape index (κ3) is 67.0. The van der Waals surface area contributed by atoms with Crippen molar-refractivity contribution in [2.45, 2.75) is 348 Å². The summed E-state index contributed by atoms with van der Waals surface area (Å²) >= 11 is 0. The van der Waals surface area contributed by atoms with E-state index < -0.39 is 6.10 Å². The number of hydrogen-bond acceptors (Lipinski definition) is 6. The van der Waals surface area contributed by atoms with E-state index in [4.69, 9.17) is 14.2 Å². The van der Waals surface area contributed by atoms with Crippen LogP contribution in [-0.4, -0.2) is 37.2 Å². The van der Waals surface area contributed by atoms with Crippen molar-refractivity contribution >= 4 is 17.9 Å². The minimum atomic E-state index is -0.787. The van der Waals surface area contributed by atoms with Gasteiger partial charge in [0.2, 0.25) is 0 Å². The lowest BCUT2D eigenvalue weighted by Gasteiger charge is -2.18. The van der Waals surface area contributed by atoms with Gasteiger partial charge in [-0.3, -0.25) is 14.4 Å². The Morgan fingerprint density at radius 1 is 0.259 bits per heavy atom. The van der Waals surface area contributed by atoms with Crippen molar-refractivity contribution in [1.82, 2.24) is 0 Å². The molecule has 0 aromatic carbocycles. The molecular formula is C75H130O6. The largest absolute Gasteiger partial charge is 0.462 e. The zero-order valence-electron chi connectivity index (χ0n) is 53.5. The van der Waals surface area contributed by atoms with E-state index in [0.717, 1.165) is 116 Å². The highest BCUT2D eigenvalue weighted by atomic mass is 16.6. The number of ether oxygens (including phenoxy) is 3. The summed E-state index contributed by atoms with van der Waals surface area (Å²) in [5, 5.41) is 0. The van der Waals surface area contributed by atoms with Gasteiger partial charge in [0, 0.05) is 19.3 Å². The van der Waals surface area contributed by atoms with Crippen molar-refractivity contribution in [3.05, 3.63) is 97.2 Å². The second kappa shape index (κ2) is 68.8. The Morgan fingerprint density at radius 2 is 0.481 bits per heavy atom. The number of hydrogen-bond donors (Lipinski definition) is 0. The molecule has 0 aliphatic carbocycles. The Bertz CT molecular complexity index is 1580. The standard InChI is InChI=1S/C75H130O6/c1-4-7-10-13-16-19-22-25-28-31-32-33-34-35-36-37-38-39-40-41-42-43-44-45-48-50-53-56-59-62-65-68-74(77)80-71-72(81-75(78)69-66-63-60-57-54-51-47-30-27-24-21-18-15-12-9-6-3)70-79-73(76)67-64-61-58-55-52-49-46-29-26-23-20-17-14-11-8-5-2/h7,10,16,19,25,28-30,32-33,35-36,38-39,46-47,72H,4-6,8-9,11-15,17-18,20-24,26-27,31,34,37,40-45,48-71H2,1-3H3/b10-7-,19-16-,28-25-,33-32-,36-35-,39-38-,46-29-,47-30-. The molecule has 0 aromatic heterocycles. The third-order valence-electron chi connectivity index (χ3n) is 15.0. The lowest BCUT2D eigenvalue weighted by atomic mass is 10.0. The van der Waals surface area contributed by atoms with E-state index in [1.807, 2.05) is 0 Å². The van der Waals surface area contributed by atoms with Crippen LogP contribution in [0.3, 0.4) is 0 Å². The number of esters is 3. The number of unbranched alkanes of at least 4 members (excludes halogenated alkanes) is 36. The van der Waals surface area contributed by atoms with Crippen LogP contribution < -0.4 is 0 Å². The van der Waals surface area contributed by atoms with Gasteiger partial charge in [0.1, 0.15) is 13.2 Å². The van der Waals surface area contributed by atoms with Gasteiger partial charge in [-0.1, -0.05) is 298 Å². The first-order valence-corrected chi connectivity index (χ1v) is 34.7. The van der Waals surface area contributed by atoms with E-state index in [1.165, 1.54) is 186 Å². The molecule has 0 N–H and O–H groups in total. The highest BCUT2D eigenvalue weighted by molar-refractivity contribution is 5.71. The molecule has 0 spiro atoms. The van der Waals surface area contributed by atoms with Gasteiger partial charge < -0.3 is 14.2 Å². The Hall–Kier alpha value is -3.67. The zero-order chi connectivity index (χ0) is 58.5. The highest BCUT2D eigenvalue weighted by Gasteiger charge is 2.19. The van der Waals surface area contributed by atoms with Crippen LogP contribution in [0.15, 0.2) is 97.2 Å². The first kappa shape index (κ1) is 77.3. The molecule has 0 rings (SSSR count). The molecule has 0 aromatic rings. The fraction of sp³-hybridized carbons (Fsp3) is 0.747. The highest BCUT2D eigenvalue weighted by Crippen LogP contribution is 2.17. The van der Waals surface area contributed by atoms with Crippen LogP contribution in [0.1, 0.15) is 342 Å². The Kier molecular flexibility index (Phi) is 65.7. The molecule has 0 aliphatic heterocycles. The van der Waals surface area contributed by atoms with Gasteiger partial charge >= 0.3 is 17.9 Å². The molecule has 1 unspecified atom stereocenters. The van der Waals surface area contributed by atoms with Crippen LogP contribution in [0.4, 0.5) is 0 Å². The van der Waals surface area contributed by atoms with E-state index in [-0.39, 0.29) is 31.1 Å². The molecule has 6 nitrogen and oxygen atoms in total. The van der Waals surface area contributed by atoms with E-state index in [1.54, 1.807) is 0 Å². The summed E-state index contributed by atoms with van der Waals surface area (Å²) in [7, 11) is 0. The second-order valence-corrected chi connectivity index (χ2v) is 23.1. The topological polar surface area (TPSA) is 78.9 Å². The van der Waals surface area contributed by atoms with Crippen LogP contribution in [0, 0.1) is 0 Å². The summed E-state index contributed by atoms with van der Waals surface area (Å²) in [5.74, 6) is -0.886. The molecule has 0 heterocycles. The minimum absolute atomic E-state index is 0.0820. The summed E-state index contributed by atoms with van der Waals surface area (Å²) in [6.07, 6.45) is 92.8. The number of rotatable bonds is 63. The van der Waals surface area contributed by atoms with E-state index in [2.05, 4.69) is 118 Å². The van der Waals surface area contributed by atoms with Gasteiger partial charge in [0.05, 0.1) is 0 Å². The average Bonchev–Trinajstić information content (AvgIpc) is 3.47. The maximum absolute atomic E-state index is 12.9. The first-order chi connectivity index (χ1) is 40.0. The maximum atomic E-state index is 12.9. The molecule has 1 atom stereocenters. The lowest BCUT2D eigenvalue weighted by Crippen LogP contribution is -2.30. The molecule has 466 valence electrons. The monoisotopic (exact) mass is 1130 g/mol. The van der Waals surface area contributed by atoms with Crippen LogP contribution in [0.5, 0.6) is 0 Å². The van der Waals surface area contributed by atoms with E-state index >= 15 is 0 Å². The van der Waals surface area contributed by atoms with Gasteiger partial charge in [-0.05, 0) is 122 Å². The third-order valence-corrected chi connectivity index (χ3v) is 15.0. The zero-order valence-corrected chi connectivity index (χ0v) is 53.5. The van der Waals surface area contributed by atoms with Gasteiger partial charge in [-0.2, -0.15) is 0 Å². The quantitative estimate of drug-likeness (QED) is 0.0261. The molecule has 0 amide bonds. The van der Waals surface area contributed by atoms with Gasteiger partial charge in [0.15, 0.2) is 6.10 Å². The molecule has 6 heteroatoms. The van der Waals surface area contributed by atoms with Crippen molar-refractivity contribution in [2.24, 2.45) is 0 Å². The van der Waals surface area contributed by atoms with Crippen molar-refractivity contribution in [1.29, 1.82) is 0 Å². The molecule has 0 aliphatic rings. The molecular weight excluding hydrogens is 997 g/mol. The van der Waals surface area contributed by atoms with Crippen molar-refractivity contribution in [3.63, 3.8) is 0 Å². The van der Waals surface area contributed by atoms with Crippen molar-refractivity contribution < 1.29 is 28.6 Å². The SMILES string of the molecule is CC/C=C\C/C=C\C/C=C\C/C=C\C/C=C\C/C=C\CCCCCCCCCCCCCCC(=O)OCC(COC(=O)CCCCCCC/C=C\CCCCCCCCC)OC(=O)CCCCCCC/C=C\CCCCCCCCC. The second-order valence-electron chi connectivity index (χ2n) is 23.1. The molecule has 0 bridgehead atoms.